The van der Waals surface area contributed by atoms with Crippen LogP contribution in [0.25, 0.3) is 0 Å². The summed E-state index contributed by atoms with van der Waals surface area (Å²) in [5.41, 5.74) is -0.834. The number of carbonyl (C=O) groups excluding carboxylic acids is 3. The molecule has 3 aliphatic rings. The van der Waals surface area contributed by atoms with Crippen LogP contribution in [0.4, 0.5) is 4.79 Å². The van der Waals surface area contributed by atoms with Crippen LogP contribution in [-0.4, -0.2) is 84.9 Å². The first-order valence-corrected chi connectivity index (χ1v) is 18.2. The van der Waals surface area contributed by atoms with Crippen LogP contribution >= 0.6 is 0 Å². The van der Waals surface area contributed by atoms with Gasteiger partial charge in [0.15, 0.2) is 5.78 Å². The maximum atomic E-state index is 13.7. The highest BCUT2D eigenvalue weighted by Gasteiger charge is 2.39. The van der Waals surface area contributed by atoms with Gasteiger partial charge in [-0.2, -0.15) is 0 Å². The van der Waals surface area contributed by atoms with Gasteiger partial charge in [0.2, 0.25) is 5.91 Å². The molecule has 3 fully saturated rings. The number of hydrogen-bond acceptors (Lipinski definition) is 7. The fourth-order valence-electron chi connectivity index (χ4n) is 8.07. The first kappa shape index (κ1) is 39.2. The molecule has 0 aliphatic heterocycles. The smallest absolute Gasteiger partial charge is 0.315 e. The Labute approximate surface area is 282 Å². The molecule has 6 unspecified atom stereocenters. The van der Waals surface area contributed by atoms with Crippen molar-refractivity contribution in [2.45, 2.75) is 166 Å². The van der Waals surface area contributed by atoms with Crippen LogP contribution in [0.3, 0.4) is 0 Å². The third kappa shape index (κ3) is 12.3. The Hall–Kier alpha value is -2.24. The maximum absolute atomic E-state index is 13.7. The fraction of sp³-hybridized carbons (Fsp3) is 0.889. The summed E-state index contributed by atoms with van der Waals surface area (Å²) in [7, 11) is 3.28. The second kappa shape index (κ2) is 18.5. The highest BCUT2D eigenvalue weighted by atomic mass is 16.5. The predicted octanol–water partition coefficient (Wildman–Crippen LogP) is 4.95. The van der Waals surface area contributed by atoms with E-state index in [-0.39, 0.29) is 72.7 Å². The minimum absolute atomic E-state index is 0.0330. The molecule has 7 atom stereocenters. The lowest BCUT2D eigenvalue weighted by molar-refractivity contribution is -0.139. The molecule has 0 spiro atoms. The second-order valence-corrected chi connectivity index (χ2v) is 15.6. The van der Waals surface area contributed by atoms with Gasteiger partial charge >= 0.3 is 12.0 Å². The summed E-state index contributed by atoms with van der Waals surface area (Å²) in [6.07, 6.45) is 10.3. The van der Waals surface area contributed by atoms with Crippen LogP contribution in [0, 0.1) is 23.7 Å². The minimum atomic E-state index is -0.968. The number of ketones is 1. The van der Waals surface area contributed by atoms with Gasteiger partial charge in [0.05, 0.1) is 24.2 Å². The van der Waals surface area contributed by atoms with Gasteiger partial charge in [0.25, 0.3) is 0 Å². The van der Waals surface area contributed by atoms with Crippen LogP contribution in [0.2, 0.25) is 0 Å². The SMILES string of the molecule is COC1CCC([C@H](CC(=O)O)NC(=O)C(CC(=O)C(C)(C)NC2CCC(NC(=O)NC3CCCCC3C)CC2)CC(C)C)CC1OC. The van der Waals surface area contributed by atoms with E-state index in [1.807, 2.05) is 27.7 Å². The Bertz CT molecular complexity index is 1030. The highest BCUT2D eigenvalue weighted by Crippen LogP contribution is 2.32. The summed E-state index contributed by atoms with van der Waals surface area (Å²) >= 11 is 0. The van der Waals surface area contributed by atoms with Gasteiger partial charge in [0.1, 0.15) is 0 Å². The van der Waals surface area contributed by atoms with Crippen molar-refractivity contribution in [2.24, 2.45) is 23.7 Å². The van der Waals surface area contributed by atoms with E-state index < -0.39 is 23.5 Å². The van der Waals surface area contributed by atoms with Crippen LogP contribution in [0.5, 0.6) is 0 Å². The molecule has 5 N–H and O–H groups in total. The molecule has 47 heavy (non-hydrogen) atoms. The lowest BCUT2D eigenvalue weighted by atomic mass is 9.79. The molecule has 3 rings (SSSR count). The van der Waals surface area contributed by atoms with Gasteiger partial charge in [-0.15, -0.1) is 0 Å². The van der Waals surface area contributed by atoms with Crippen LogP contribution in [-0.2, 0) is 23.9 Å². The molecule has 0 aromatic rings. The Morgan fingerprint density at radius 1 is 0.830 bits per heavy atom. The quantitative estimate of drug-likeness (QED) is 0.155. The van der Waals surface area contributed by atoms with Crippen molar-refractivity contribution in [2.75, 3.05) is 14.2 Å². The van der Waals surface area contributed by atoms with Crippen molar-refractivity contribution in [1.82, 2.24) is 21.3 Å². The van der Waals surface area contributed by atoms with E-state index in [0.717, 1.165) is 51.4 Å². The number of carbonyl (C=O) groups is 4. The first-order chi connectivity index (χ1) is 22.2. The maximum Gasteiger partial charge on any atom is 0.315 e. The van der Waals surface area contributed by atoms with Gasteiger partial charge in [0, 0.05) is 50.7 Å². The van der Waals surface area contributed by atoms with Crippen LogP contribution in [0.15, 0.2) is 0 Å². The number of hydrogen-bond donors (Lipinski definition) is 5. The predicted molar refractivity (Wildman–Crippen MR) is 182 cm³/mol. The molecular formula is C36H64N4O7. The van der Waals surface area contributed by atoms with E-state index >= 15 is 0 Å². The molecule has 0 saturated heterocycles. The van der Waals surface area contributed by atoms with E-state index in [1.54, 1.807) is 14.2 Å². The molecule has 0 aromatic carbocycles. The number of rotatable bonds is 16. The summed E-state index contributed by atoms with van der Waals surface area (Å²) in [6.45, 7) is 10.0. The Morgan fingerprint density at radius 2 is 1.47 bits per heavy atom. The van der Waals surface area contributed by atoms with Crippen molar-refractivity contribution in [3.05, 3.63) is 0 Å². The van der Waals surface area contributed by atoms with E-state index in [2.05, 4.69) is 28.2 Å². The van der Waals surface area contributed by atoms with E-state index in [4.69, 9.17) is 9.47 Å². The number of methoxy groups -OCH3 is 2. The molecule has 0 bridgehead atoms. The number of nitrogens with one attached hydrogen (secondary N) is 4. The summed E-state index contributed by atoms with van der Waals surface area (Å²) in [6, 6.07) is -0.119. The second-order valence-electron chi connectivity index (χ2n) is 15.6. The van der Waals surface area contributed by atoms with Crippen molar-refractivity contribution in [3.63, 3.8) is 0 Å². The number of Topliss-reactive ketones (excluding diaryl/α,β-unsaturated/α-hetero) is 1. The molecule has 0 radical (unpaired) electrons. The molecule has 3 saturated carbocycles. The number of urea groups is 1. The first-order valence-electron chi connectivity index (χ1n) is 18.2. The standard InChI is InChI=1S/C36H64N4O7/c1-22(2)18-25(34(44)38-29(21-33(42)43)24-12-17-30(46-6)31(19-24)47-7)20-32(41)36(4,5)40-27-15-13-26(14-16-27)37-35(45)39-28-11-9-8-10-23(28)3/h22-31,40H,8-21H2,1-7H3,(H,38,44)(H,42,43)(H2,37,39,45)/t23?,24?,25?,26?,27?,28?,29-,30?,31?/m0/s1. The lowest BCUT2D eigenvalue weighted by Crippen LogP contribution is -2.55. The molecular weight excluding hydrogens is 600 g/mol. The number of carboxylic acid groups (broad SMARTS) is 1. The number of carboxylic acids is 1. The Morgan fingerprint density at radius 3 is 2.06 bits per heavy atom. The van der Waals surface area contributed by atoms with E-state index in [1.165, 1.54) is 12.8 Å². The summed E-state index contributed by atoms with van der Waals surface area (Å²) in [5.74, 6) is -1.19. The largest absolute Gasteiger partial charge is 0.481 e. The van der Waals surface area contributed by atoms with Gasteiger partial charge in [-0.05, 0) is 95.8 Å². The zero-order valence-electron chi connectivity index (χ0n) is 30.1. The normalized spacial score (nSPS) is 29.8. The van der Waals surface area contributed by atoms with E-state index in [0.29, 0.717) is 18.8 Å². The molecule has 0 heterocycles. The minimum Gasteiger partial charge on any atom is -0.481 e. The fourth-order valence-corrected chi connectivity index (χ4v) is 8.07. The third-order valence-corrected chi connectivity index (χ3v) is 11.0. The van der Waals surface area contributed by atoms with Gasteiger partial charge in [-0.25, -0.2) is 4.79 Å². The van der Waals surface area contributed by atoms with E-state index in [9.17, 15) is 24.3 Å². The number of aliphatic carboxylic acids is 1. The van der Waals surface area contributed by atoms with Crippen molar-refractivity contribution in [3.8, 4) is 0 Å². The van der Waals surface area contributed by atoms with Crippen LogP contribution in [0.1, 0.15) is 125 Å². The molecule has 3 amide bonds. The average molecular weight is 665 g/mol. The Balaban J connectivity index is 1.54. The summed E-state index contributed by atoms with van der Waals surface area (Å²) < 4.78 is 11.2. The molecule has 11 nitrogen and oxygen atoms in total. The van der Waals surface area contributed by atoms with Gasteiger partial charge in [-0.3, -0.25) is 14.4 Å². The zero-order chi connectivity index (χ0) is 34.7. The van der Waals surface area contributed by atoms with Gasteiger partial charge in [-0.1, -0.05) is 33.6 Å². The monoisotopic (exact) mass is 664 g/mol. The third-order valence-electron chi connectivity index (χ3n) is 11.0. The van der Waals surface area contributed by atoms with Gasteiger partial charge < -0.3 is 35.8 Å². The summed E-state index contributed by atoms with van der Waals surface area (Å²) in [4.78, 5) is 52.0. The molecule has 3 aliphatic carbocycles. The molecule has 0 aromatic heterocycles. The average Bonchev–Trinajstić information content (AvgIpc) is 3.01. The van der Waals surface area contributed by atoms with Crippen LogP contribution < -0.4 is 21.3 Å². The summed E-state index contributed by atoms with van der Waals surface area (Å²) in [5, 5.41) is 22.7. The highest BCUT2D eigenvalue weighted by molar-refractivity contribution is 5.92. The number of amides is 3. The molecule has 11 heteroatoms. The van der Waals surface area contributed by atoms with Crippen molar-refractivity contribution < 1.29 is 33.8 Å². The Kier molecular flexibility index (Phi) is 15.4. The lowest BCUT2D eigenvalue weighted by Gasteiger charge is -2.38. The van der Waals surface area contributed by atoms with Crippen molar-refractivity contribution in [1.29, 1.82) is 0 Å². The molecule has 270 valence electrons. The topological polar surface area (TPSA) is 155 Å². The number of ether oxygens (including phenoxy) is 2. The zero-order valence-corrected chi connectivity index (χ0v) is 30.1. The van der Waals surface area contributed by atoms with Crippen molar-refractivity contribution >= 4 is 23.7 Å².